The summed E-state index contributed by atoms with van der Waals surface area (Å²) in [6.45, 7) is 0.825. The Balaban J connectivity index is 2.20. The maximum absolute atomic E-state index is 11.5. The van der Waals surface area contributed by atoms with Crippen molar-refractivity contribution in [2.75, 3.05) is 14.1 Å². The number of nitrogens with two attached hydrogens (primary N) is 1. The summed E-state index contributed by atoms with van der Waals surface area (Å²) in [5.41, 5.74) is 9.63. The highest BCUT2D eigenvalue weighted by molar-refractivity contribution is 6.04. The second kappa shape index (κ2) is 5.61. The lowest BCUT2D eigenvalue weighted by Gasteiger charge is -2.15. The Morgan fingerprint density at radius 1 is 1.18 bits per heavy atom. The molecule has 0 aliphatic carbocycles. The van der Waals surface area contributed by atoms with Gasteiger partial charge in [-0.05, 0) is 37.9 Å². The number of nitrogens with zero attached hydrogens (tertiary/aromatic N) is 3. The number of carbonyl (C=O) groups is 1. The summed E-state index contributed by atoms with van der Waals surface area (Å²) in [7, 11) is 4.07. The van der Waals surface area contributed by atoms with Gasteiger partial charge in [-0.25, -0.2) is 4.98 Å². The third-order valence-electron chi connectivity index (χ3n) is 3.58. The molecule has 112 valence electrons. The van der Waals surface area contributed by atoms with Crippen LogP contribution in [0, 0.1) is 0 Å². The smallest absolute Gasteiger partial charge is 0.250 e. The molecule has 0 saturated carbocycles. The molecule has 0 spiro atoms. The molecule has 0 unspecified atom stereocenters. The van der Waals surface area contributed by atoms with Crippen molar-refractivity contribution >= 4 is 16.9 Å². The number of benzene rings is 2. The molecule has 0 fully saturated rings. The monoisotopic (exact) mass is 294 g/mol. The van der Waals surface area contributed by atoms with Crippen molar-refractivity contribution < 1.29 is 4.79 Å². The predicted molar refractivity (Wildman–Crippen MR) is 87.0 cm³/mol. The molecule has 1 amide bonds. The predicted octanol–water partition coefficient (Wildman–Crippen LogP) is 2.19. The Kier molecular flexibility index (Phi) is 3.65. The summed E-state index contributed by atoms with van der Waals surface area (Å²) in [5, 5.41) is 0. The first-order valence-electron chi connectivity index (χ1n) is 7.07. The summed E-state index contributed by atoms with van der Waals surface area (Å²) < 4.78 is 2.00. The van der Waals surface area contributed by atoms with Crippen molar-refractivity contribution in [3.63, 3.8) is 0 Å². The van der Waals surface area contributed by atoms with Crippen molar-refractivity contribution in [3.05, 3.63) is 59.9 Å². The molecule has 5 nitrogen and oxygen atoms in total. The van der Waals surface area contributed by atoms with Gasteiger partial charge in [-0.15, -0.1) is 0 Å². The van der Waals surface area contributed by atoms with E-state index in [0.717, 1.165) is 17.7 Å². The van der Waals surface area contributed by atoms with Gasteiger partial charge in [0, 0.05) is 6.54 Å². The zero-order chi connectivity index (χ0) is 15.7. The fourth-order valence-electron chi connectivity index (χ4n) is 2.65. The molecule has 0 aliphatic rings. The van der Waals surface area contributed by atoms with Crippen molar-refractivity contribution in [2.24, 2.45) is 5.73 Å². The van der Waals surface area contributed by atoms with Crippen LogP contribution in [-0.4, -0.2) is 34.5 Å². The van der Waals surface area contributed by atoms with Gasteiger partial charge in [0.25, 0.3) is 5.91 Å². The second-order valence-electron chi connectivity index (χ2n) is 5.52. The van der Waals surface area contributed by atoms with Crippen LogP contribution in [0.4, 0.5) is 0 Å². The van der Waals surface area contributed by atoms with Crippen LogP contribution in [0.3, 0.4) is 0 Å². The van der Waals surface area contributed by atoms with E-state index in [-0.39, 0.29) is 0 Å². The number of fused-ring (bicyclic) bond motifs is 1. The van der Waals surface area contributed by atoms with E-state index in [1.54, 1.807) is 12.4 Å². The van der Waals surface area contributed by atoms with Crippen LogP contribution in [0.25, 0.3) is 16.7 Å². The Morgan fingerprint density at radius 3 is 2.68 bits per heavy atom. The molecular weight excluding hydrogens is 276 g/mol. The molecule has 0 bridgehead atoms. The molecule has 5 heteroatoms. The number of amides is 1. The zero-order valence-corrected chi connectivity index (χ0v) is 12.7. The first-order valence-corrected chi connectivity index (χ1v) is 7.07. The zero-order valence-electron chi connectivity index (χ0n) is 12.7. The third-order valence-corrected chi connectivity index (χ3v) is 3.58. The maximum atomic E-state index is 11.5. The summed E-state index contributed by atoms with van der Waals surface area (Å²) in [5.74, 6) is -0.461. The highest BCUT2D eigenvalue weighted by Gasteiger charge is 2.13. The first-order chi connectivity index (χ1) is 10.6. The molecule has 2 N–H and O–H groups in total. The van der Waals surface area contributed by atoms with Crippen LogP contribution in [-0.2, 0) is 6.54 Å². The molecule has 0 atom stereocenters. The number of para-hydroxylation sites is 2. The van der Waals surface area contributed by atoms with Gasteiger partial charge in [-0.1, -0.05) is 24.3 Å². The van der Waals surface area contributed by atoms with Gasteiger partial charge < -0.3 is 10.6 Å². The van der Waals surface area contributed by atoms with Crippen molar-refractivity contribution in [3.8, 4) is 5.69 Å². The quantitative estimate of drug-likeness (QED) is 0.802. The maximum Gasteiger partial charge on any atom is 0.250 e. The standard InChI is InChI=1S/C17H18N4O/c1-20(2)10-12-6-3-4-8-14(12)21-11-19-16-13(17(18)22)7-5-9-15(16)21/h3-9,11H,10H2,1-2H3,(H2,18,22). The number of hydrogen-bond acceptors (Lipinski definition) is 3. The fourth-order valence-corrected chi connectivity index (χ4v) is 2.65. The largest absolute Gasteiger partial charge is 0.366 e. The van der Waals surface area contributed by atoms with E-state index in [1.165, 1.54) is 5.56 Å². The van der Waals surface area contributed by atoms with Gasteiger partial charge >= 0.3 is 0 Å². The first kappa shape index (κ1) is 14.3. The lowest BCUT2D eigenvalue weighted by Crippen LogP contribution is -2.13. The van der Waals surface area contributed by atoms with Crippen LogP contribution < -0.4 is 5.73 Å². The average molecular weight is 294 g/mol. The summed E-state index contributed by atoms with van der Waals surface area (Å²) in [4.78, 5) is 18.0. The van der Waals surface area contributed by atoms with E-state index >= 15 is 0 Å². The molecular formula is C17H18N4O. The van der Waals surface area contributed by atoms with E-state index in [0.29, 0.717) is 11.1 Å². The average Bonchev–Trinajstić information content (AvgIpc) is 2.90. The molecule has 3 aromatic rings. The molecule has 0 aliphatic heterocycles. The van der Waals surface area contributed by atoms with Gasteiger partial charge in [0.15, 0.2) is 0 Å². The van der Waals surface area contributed by atoms with Crippen molar-refractivity contribution in [1.82, 2.24) is 14.5 Å². The fraction of sp³-hybridized carbons (Fsp3) is 0.176. The highest BCUT2D eigenvalue weighted by Crippen LogP contribution is 2.23. The molecule has 22 heavy (non-hydrogen) atoms. The molecule has 1 heterocycles. The SMILES string of the molecule is CN(C)Cc1ccccc1-n1cnc2c(C(N)=O)cccc21. The Labute approximate surface area is 129 Å². The van der Waals surface area contributed by atoms with E-state index in [4.69, 9.17) is 5.73 Å². The second-order valence-corrected chi connectivity index (χ2v) is 5.52. The van der Waals surface area contributed by atoms with Crippen molar-refractivity contribution in [1.29, 1.82) is 0 Å². The minimum Gasteiger partial charge on any atom is -0.366 e. The highest BCUT2D eigenvalue weighted by atomic mass is 16.1. The Bertz CT molecular complexity index is 836. The van der Waals surface area contributed by atoms with Gasteiger partial charge in [0.05, 0.1) is 16.8 Å². The van der Waals surface area contributed by atoms with Crippen LogP contribution in [0.15, 0.2) is 48.8 Å². The number of imidazole rings is 1. The summed E-state index contributed by atoms with van der Waals surface area (Å²) in [6.07, 6.45) is 1.74. The minimum atomic E-state index is -0.461. The van der Waals surface area contributed by atoms with Crippen LogP contribution in [0.1, 0.15) is 15.9 Å². The van der Waals surface area contributed by atoms with Crippen molar-refractivity contribution in [2.45, 2.75) is 6.54 Å². The van der Waals surface area contributed by atoms with E-state index in [2.05, 4.69) is 22.0 Å². The molecule has 3 rings (SSSR count). The lowest BCUT2D eigenvalue weighted by molar-refractivity contribution is 0.100. The summed E-state index contributed by atoms with van der Waals surface area (Å²) >= 11 is 0. The number of rotatable bonds is 4. The van der Waals surface area contributed by atoms with Gasteiger partial charge in [-0.2, -0.15) is 0 Å². The minimum absolute atomic E-state index is 0.446. The molecule has 2 aromatic carbocycles. The lowest BCUT2D eigenvalue weighted by atomic mass is 10.1. The number of carbonyl (C=O) groups excluding carboxylic acids is 1. The number of aromatic nitrogens is 2. The van der Waals surface area contributed by atoms with E-state index in [1.807, 2.05) is 42.9 Å². The summed E-state index contributed by atoms with van der Waals surface area (Å²) in [6, 6.07) is 13.6. The third kappa shape index (κ3) is 2.46. The number of hydrogen-bond donors (Lipinski definition) is 1. The normalized spacial score (nSPS) is 11.2. The van der Waals surface area contributed by atoms with Crippen LogP contribution in [0.2, 0.25) is 0 Å². The Hall–Kier alpha value is -2.66. The molecule has 0 radical (unpaired) electrons. The topological polar surface area (TPSA) is 64.2 Å². The molecule has 0 saturated heterocycles. The number of primary amides is 1. The van der Waals surface area contributed by atoms with Gasteiger partial charge in [-0.3, -0.25) is 9.36 Å². The van der Waals surface area contributed by atoms with E-state index < -0.39 is 5.91 Å². The van der Waals surface area contributed by atoms with Crippen LogP contribution >= 0.6 is 0 Å². The van der Waals surface area contributed by atoms with Gasteiger partial charge in [0.1, 0.15) is 11.8 Å². The van der Waals surface area contributed by atoms with Crippen LogP contribution in [0.5, 0.6) is 0 Å². The Morgan fingerprint density at radius 2 is 1.95 bits per heavy atom. The van der Waals surface area contributed by atoms with E-state index in [9.17, 15) is 4.79 Å². The molecule has 1 aromatic heterocycles. The van der Waals surface area contributed by atoms with Gasteiger partial charge in [0.2, 0.25) is 0 Å².